The zero-order chi connectivity index (χ0) is 19.8. The Balaban J connectivity index is 1.67. The Morgan fingerprint density at radius 2 is 1.66 bits per heavy atom. The van der Waals surface area contributed by atoms with Crippen LogP contribution in [-0.4, -0.2) is 18.0 Å². The molecule has 0 saturated heterocycles. The summed E-state index contributed by atoms with van der Waals surface area (Å²) in [5.41, 5.74) is 3.19. The average molecular weight is 381 g/mol. The van der Waals surface area contributed by atoms with E-state index in [1.165, 1.54) is 0 Å². The Labute approximate surface area is 168 Å². The number of amides is 1. The van der Waals surface area contributed by atoms with Crippen molar-refractivity contribution in [2.24, 2.45) is 0 Å². The second kappa shape index (κ2) is 6.95. The molecular formula is C24H19N3O2. The van der Waals surface area contributed by atoms with Gasteiger partial charge in [0.05, 0.1) is 18.2 Å². The molecule has 1 amide bonds. The van der Waals surface area contributed by atoms with Gasteiger partial charge >= 0.3 is 0 Å². The van der Waals surface area contributed by atoms with E-state index in [1.807, 2.05) is 84.9 Å². The highest BCUT2D eigenvalue weighted by molar-refractivity contribution is 6.13. The summed E-state index contributed by atoms with van der Waals surface area (Å²) >= 11 is 0. The van der Waals surface area contributed by atoms with Crippen molar-refractivity contribution >= 4 is 28.3 Å². The quantitative estimate of drug-likeness (QED) is 0.542. The van der Waals surface area contributed by atoms with Gasteiger partial charge in [-0.1, -0.05) is 48.5 Å². The third kappa shape index (κ3) is 2.97. The van der Waals surface area contributed by atoms with Gasteiger partial charge in [-0.05, 0) is 42.0 Å². The van der Waals surface area contributed by atoms with E-state index in [4.69, 9.17) is 9.72 Å². The molecule has 1 N–H and O–H groups in total. The zero-order valence-corrected chi connectivity index (χ0v) is 15.9. The number of para-hydroxylation sites is 2. The minimum absolute atomic E-state index is 0.0796. The molecule has 0 spiro atoms. The van der Waals surface area contributed by atoms with Crippen molar-refractivity contribution in [1.82, 2.24) is 4.98 Å². The minimum Gasteiger partial charge on any atom is -0.497 e. The lowest BCUT2D eigenvalue weighted by Gasteiger charge is -2.37. The summed E-state index contributed by atoms with van der Waals surface area (Å²) < 4.78 is 5.28. The van der Waals surface area contributed by atoms with Gasteiger partial charge in [0.15, 0.2) is 0 Å². The van der Waals surface area contributed by atoms with Gasteiger partial charge < -0.3 is 10.1 Å². The number of aromatic nitrogens is 1. The summed E-state index contributed by atoms with van der Waals surface area (Å²) in [5, 5.41) is 4.42. The molecule has 2 heterocycles. The number of carbonyl (C=O) groups excluding carboxylic acids is 1. The summed E-state index contributed by atoms with van der Waals surface area (Å²) in [7, 11) is 1.64. The first kappa shape index (κ1) is 17.3. The lowest BCUT2D eigenvalue weighted by Crippen LogP contribution is -2.43. The number of benzene rings is 3. The fourth-order valence-corrected chi connectivity index (χ4v) is 3.70. The summed E-state index contributed by atoms with van der Waals surface area (Å²) in [6.07, 6.45) is -0.378. The first-order valence-corrected chi connectivity index (χ1v) is 9.43. The number of nitrogens with one attached hydrogen (secondary N) is 1. The standard InChI is InChI=1S/C24H19N3O2/c1-29-19-13-11-16(12-14-19)23-26-22-20(15-17-7-5-6-10-21(17)25-22)24(28)27(23)18-8-3-2-4-9-18/h2-15,23H,1H3,(H,25,26)/t23-/m1/s1. The maximum absolute atomic E-state index is 13.6. The highest BCUT2D eigenvalue weighted by atomic mass is 16.5. The van der Waals surface area contributed by atoms with Crippen LogP contribution < -0.4 is 15.0 Å². The largest absolute Gasteiger partial charge is 0.497 e. The molecule has 4 aromatic rings. The molecule has 5 heteroatoms. The van der Waals surface area contributed by atoms with Crippen molar-refractivity contribution in [3.8, 4) is 5.75 Å². The second-order valence-corrected chi connectivity index (χ2v) is 6.91. The first-order valence-electron chi connectivity index (χ1n) is 9.43. The molecule has 142 valence electrons. The molecule has 0 saturated carbocycles. The van der Waals surface area contributed by atoms with Gasteiger partial charge in [0.1, 0.15) is 17.7 Å². The highest BCUT2D eigenvalue weighted by Gasteiger charge is 2.35. The molecule has 5 nitrogen and oxygen atoms in total. The van der Waals surface area contributed by atoms with Crippen molar-refractivity contribution in [2.45, 2.75) is 6.17 Å². The number of carbonyl (C=O) groups is 1. The van der Waals surface area contributed by atoms with E-state index in [0.717, 1.165) is 27.9 Å². The van der Waals surface area contributed by atoms with Crippen LogP contribution in [0, 0.1) is 0 Å². The molecule has 1 aliphatic rings. The van der Waals surface area contributed by atoms with E-state index >= 15 is 0 Å². The number of rotatable bonds is 3. The van der Waals surface area contributed by atoms with Crippen LogP contribution in [0.5, 0.6) is 5.75 Å². The predicted octanol–water partition coefficient (Wildman–Crippen LogP) is 5.01. The molecule has 1 aliphatic heterocycles. The van der Waals surface area contributed by atoms with Crippen molar-refractivity contribution in [2.75, 3.05) is 17.3 Å². The molecule has 1 aromatic heterocycles. The molecule has 0 fully saturated rings. The third-order valence-electron chi connectivity index (χ3n) is 5.17. The fourth-order valence-electron chi connectivity index (χ4n) is 3.70. The summed E-state index contributed by atoms with van der Waals surface area (Å²) in [4.78, 5) is 20.1. The minimum atomic E-state index is -0.378. The van der Waals surface area contributed by atoms with E-state index in [-0.39, 0.29) is 12.1 Å². The van der Waals surface area contributed by atoms with Gasteiger partial charge in [-0.15, -0.1) is 0 Å². The lowest BCUT2D eigenvalue weighted by molar-refractivity contribution is 0.0974. The van der Waals surface area contributed by atoms with Crippen LogP contribution in [0.1, 0.15) is 22.1 Å². The average Bonchev–Trinajstić information content (AvgIpc) is 2.78. The Morgan fingerprint density at radius 1 is 0.931 bits per heavy atom. The number of methoxy groups -OCH3 is 1. The van der Waals surface area contributed by atoms with Crippen LogP contribution in [-0.2, 0) is 0 Å². The van der Waals surface area contributed by atoms with Crippen molar-refractivity contribution in [1.29, 1.82) is 0 Å². The normalized spacial score (nSPS) is 15.7. The molecule has 5 rings (SSSR count). The van der Waals surface area contributed by atoms with Crippen LogP contribution in [0.2, 0.25) is 0 Å². The maximum Gasteiger partial charge on any atom is 0.264 e. The smallest absolute Gasteiger partial charge is 0.264 e. The van der Waals surface area contributed by atoms with Gasteiger partial charge in [0.25, 0.3) is 5.91 Å². The van der Waals surface area contributed by atoms with E-state index in [2.05, 4.69) is 5.32 Å². The SMILES string of the molecule is COc1ccc([C@@H]2Nc3nc4ccccc4cc3C(=O)N2c2ccccc2)cc1. The Hall–Kier alpha value is -3.86. The van der Waals surface area contributed by atoms with Crippen LogP contribution in [0.25, 0.3) is 10.9 Å². The molecule has 1 atom stereocenters. The van der Waals surface area contributed by atoms with Crippen molar-refractivity contribution in [3.63, 3.8) is 0 Å². The maximum atomic E-state index is 13.6. The molecule has 0 radical (unpaired) electrons. The monoisotopic (exact) mass is 381 g/mol. The summed E-state index contributed by atoms with van der Waals surface area (Å²) in [6.45, 7) is 0. The molecule has 29 heavy (non-hydrogen) atoms. The van der Waals surface area contributed by atoms with Gasteiger partial charge in [0.2, 0.25) is 0 Å². The Morgan fingerprint density at radius 3 is 2.41 bits per heavy atom. The third-order valence-corrected chi connectivity index (χ3v) is 5.17. The van der Waals surface area contributed by atoms with Gasteiger partial charge in [-0.3, -0.25) is 9.69 Å². The number of ether oxygens (including phenoxy) is 1. The molecule has 0 unspecified atom stereocenters. The number of hydrogen-bond acceptors (Lipinski definition) is 4. The van der Waals surface area contributed by atoms with Crippen LogP contribution >= 0.6 is 0 Å². The molecule has 0 bridgehead atoms. The van der Waals surface area contributed by atoms with E-state index in [9.17, 15) is 4.79 Å². The van der Waals surface area contributed by atoms with Crippen molar-refractivity contribution in [3.05, 3.63) is 96.1 Å². The molecule has 0 aliphatic carbocycles. The first-order chi connectivity index (χ1) is 14.2. The second-order valence-electron chi connectivity index (χ2n) is 6.91. The Kier molecular flexibility index (Phi) is 4.13. The zero-order valence-electron chi connectivity index (χ0n) is 15.9. The van der Waals surface area contributed by atoms with Crippen LogP contribution in [0.15, 0.2) is 84.9 Å². The van der Waals surface area contributed by atoms with E-state index in [0.29, 0.717) is 11.4 Å². The van der Waals surface area contributed by atoms with Crippen LogP contribution in [0.3, 0.4) is 0 Å². The summed E-state index contributed by atoms with van der Waals surface area (Å²) in [6, 6.07) is 27.1. The summed E-state index contributed by atoms with van der Waals surface area (Å²) in [5.74, 6) is 1.29. The number of nitrogens with zero attached hydrogens (tertiary/aromatic N) is 2. The predicted molar refractivity (Wildman–Crippen MR) is 114 cm³/mol. The van der Waals surface area contributed by atoms with E-state index in [1.54, 1.807) is 12.0 Å². The fraction of sp³-hybridized carbons (Fsp3) is 0.0833. The van der Waals surface area contributed by atoms with Gasteiger partial charge in [-0.2, -0.15) is 0 Å². The number of fused-ring (bicyclic) bond motifs is 2. The topological polar surface area (TPSA) is 54.5 Å². The van der Waals surface area contributed by atoms with Gasteiger partial charge in [-0.25, -0.2) is 4.98 Å². The molecule has 3 aromatic carbocycles. The van der Waals surface area contributed by atoms with Gasteiger partial charge in [0, 0.05) is 11.1 Å². The van der Waals surface area contributed by atoms with Crippen molar-refractivity contribution < 1.29 is 9.53 Å². The number of pyridine rings is 1. The van der Waals surface area contributed by atoms with Crippen LogP contribution in [0.4, 0.5) is 11.5 Å². The Bertz CT molecular complexity index is 1190. The highest BCUT2D eigenvalue weighted by Crippen LogP contribution is 2.37. The number of hydrogen-bond donors (Lipinski definition) is 1. The van der Waals surface area contributed by atoms with E-state index < -0.39 is 0 Å². The number of anilines is 2. The lowest BCUT2D eigenvalue weighted by atomic mass is 10.0. The molecular weight excluding hydrogens is 362 g/mol.